The second kappa shape index (κ2) is 8.21. The van der Waals surface area contributed by atoms with Crippen molar-refractivity contribution in [3.05, 3.63) is 57.1 Å². The van der Waals surface area contributed by atoms with E-state index >= 15 is 0 Å². The Kier molecular flexibility index (Phi) is 5.71. The van der Waals surface area contributed by atoms with Gasteiger partial charge in [0.15, 0.2) is 0 Å². The summed E-state index contributed by atoms with van der Waals surface area (Å²) in [4.78, 5) is 14.9. The molecule has 4 rings (SSSR count). The SMILES string of the molecule is O=C(NN1CCCCC1)c1cc(-c2ccc[se]2)n(-c2ccc(Cl)cc2Cl)n1. The third-order valence-electron chi connectivity index (χ3n) is 4.47. The van der Waals surface area contributed by atoms with Crippen LogP contribution in [0.5, 0.6) is 0 Å². The van der Waals surface area contributed by atoms with Gasteiger partial charge in [0.05, 0.1) is 0 Å². The molecule has 0 spiro atoms. The van der Waals surface area contributed by atoms with Gasteiger partial charge >= 0.3 is 174 Å². The van der Waals surface area contributed by atoms with Crippen molar-refractivity contribution in [2.24, 2.45) is 0 Å². The summed E-state index contributed by atoms with van der Waals surface area (Å²) in [5.74, 6) is -0.193. The Balaban J connectivity index is 1.70. The van der Waals surface area contributed by atoms with Crippen molar-refractivity contribution in [1.82, 2.24) is 20.2 Å². The zero-order valence-corrected chi connectivity index (χ0v) is 17.7. The Bertz CT molecular complexity index is 949. The molecule has 8 heteroatoms. The van der Waals surface area contributed by atoms with Crippen molar-refractivity contribution in [3.63, 3.8) is 0 Å². The minimum atomic E-state index is -0.193. The van der Waals surface area contributed by atoms with E-state index in [1.54, 1.807) is 16.8 Å². The van der Waals surface area contributed by atoms with Crippen LogP contribution in [0.15, 0.2) is 41.3 Å². The number of nitrogens with one attached hydrogen (secondary N) is 1. The molecule has 0 radical (unpaired) electrons. The summed E-state index contributed by atoms with van der Waals surface area (Å²) in [7, 11) is 0. The molecule has 0 unspecified atom stereocenters. The molecule has 1 aliphatic heterocycles. The fourth-order valence-electron chi connectivity index (χ4n) is 3.14. The second-order valence-corrected chi connectivity index (χ2v) is 9.22. The van der Waals surface area contributed by atoms with E-state index in [1.807, 2.05) is 23.2 Å². The average molecular weight is 468 g/mol. The number of amides is 1. The molecule has 0 aliphatic carbocycles. The van der Waals surface area contributed by atoms with E-state index < -0.39 is 0 Å². The Morgan fingerprint density at radius 2 is 1.93 bits per heavy atom. The Morgan fingerprint density at radius 1 is 1.11 bits per heavy atom. The standard InChI is InChI=1S/C19H18Cl2N4OSe/c20-13-6-7-16(14(21)11-13)25-17(18-5-4-10-27-18)12-15(22-25)19(26)23-24-8-2-1-3-9-24/h4-7,10-12H,1-3,8-9H2,(H,23,26). The van der Waals surface area contributed by atoms with Crippen LogP contribution < -0.4 is 5.43 Å². The summed E-state index contributed by atoms with van der Waals surface area (Å²) < 4.78 is 2.89. The molecule has 2 aromatic heterocycles. The molecule has 1 fully saturated rings. The maximum absolute atomic E-state index is 12.8. The molecule has 1 N–H and O–H groups in total. The first kappa shape index (κ1) is 18.8. The summed E-state index contributed by atoms with van der Waals surface area (Å²) in [5.41, 5.74) is 4.94. The van der Waals surface area contributed by atoms with Crippen LogP contribution in [0.4, 0.5) is 0 Å². The number of carbonyl (C=O) groups excluding carboxylic acids is 1. The number of carbonyl (C=O) groups is 1. The van der Waals surface area contributed by atoms with Gasteiger partial charge < -0.3 is 0 Å². The number of aromatic nitrogens is 2. The molecule has 27 heavy (non-hydrogen) atoms. The molecular weight excluding hydrogens is 450 g/mol. The molecule has 0 atom stereocenters. The topological polar surface area (TPSA) is 50.2 Å². The quantitative estimate of drug-likeness (QED) is 0.589. The molecule has 1 aromatic carbocycles. The number of piperidine rings is 1. The van der Waals surface area contributed by atoms with Crippen molar-refractivity contribution >= 4 is 43.6 Å². The summed E-state index contributed by atoms with van der Waals surface area (Å²) in [5, 5.41) is 7.60. The van der Waals surface area contributed by atoms with E-state index in [0.29, 0.717) is 21.4 Å². The van der Waals surface area contributed by atoms with Gasteiger partial charge in [-0.1, -0.05) is 0 Å². The molecule has 0 bridgehead atoms. The van der Waals surface area contributed by atoms with Crippen LogP contribution in [-0.2, 0) is 0 Å². The van der Waals surface area contributed by atoms with Gasteiger partial charge in [-0.15, -0.1) is 0 Å². The Hall–Kier alpha value is -1.56. The monoisotopic (exact) mass is 468 g/mol. The fraction of sp³-hybridized carbons (Fsp3) is 0.263. The molecule has 3 heterocycles. The van der Waals surface area contributed by atoms with Crippen LogP contribution in [0, 0.1) is 0 Å². The third-order valence-corrected chi connectivity index (χ3v) is 6.88. The van der Waals surface area contributed by atoms with Gasteiger partial charge in [0.1, 0.15) is 0 Å². The van der Waals surface area contributed by atoms with Crippen LogP contribution in [0.3, 0.4) is 0 Å². The van der Waals surface area contributed by atoms with Crippen molar-refractivity contribution < 1.29 is 4.79 Å². The number of hydrogen-bond acceptors (Lipinski definition) is 3. The van der Waals surface area contributed by atoms with Gasteiger partial charge in [-0.05, 0) is 0 Å². The molecule has 0 saturated carbocycles. The Morgan fingerprint density at radius 3 is 2.63 bits per heavy atom. The zero-order chi connectivity index (χ0) is 18.8. The minimum absolute atomic E-state index is 0.193. The molecule has 1 saturated heterocycles. The molecule has 5 nitrogen and oxygen atoms in total. The molecule has 140 valence electrons. The summed E-state index contributed by atoms with van der Waals surface area (Å²) >= 11 is 12.6. The van der Waals surface area contributed by atoms with Gasteiger partial charge in [-0.3, -0.25) is 0 Å². The van der Waals surface area contributed by atoms with E-state index in [2.05, 4.69) is 21.5 Å². The first-order valence-electron chi connectivity index (χ1n) is 8.77. The van der Waals surface area contributed by atoms with E-state index in [4.69, 9.17) is 23.2 Å². The third kappa shape index (κ3) is 4.15. The van der Waals surface area contributed by atoms with E-state index in [1.165, 1.54) is 6.42 Å². The van der Waals surface area contributed by atoms with Crippen LogP contribution in [-0.4, -0.2) is 48.3 Å². The van der Waals surface area contributed by atoms with Gasteiger partial charge in [-0.25, -0.2) is 0 Å². The summed E-state index contributed by atoms with van der Waals surface area (Å²) in [6.45, 7) is 1.75. The summed E-state index contributed by atoms with van der Waals surface area (Å²) in [6, 6.07) is 11.2. The normalized spacial score (nSPS) is 15.0. The number of nitrogens with zero attached hydrogens (tertiary/aromatic N) is 3. The maximum atomic E-state index is 12.8. The van der Waals surface area contributed by atoms with Gasteiger partial charge in [0.25, 0.3) is 0 Å². The van der Waals surface area contributed by atoms with E-state index in [0.717, 1.165) is 36.1 Å². The van der Waals surface area contributed by atoms with Crippen molar-refractivity contribution in [2.45, 2.75) is 19.3 Å². The molecule has 1 aliphatic rings. The fourth-order valence-corrected chi connectivity index (χ4v) is 5.15. The van der Waals surface area contributed by atoms with Crippen LogP contribution in [0.25, 0.3) is 15.8 Å². The van der Waals surface area contributed by atoms with Gasteiger partial charge in [0.2, 0.25) is 0 Å². The first-order valence-corrected chi connectivity index (χ1v) is 11.4. The number of hydrogen-bond donors (Lipinski definition) is 1. The van der Waals surface area contributed by atoms with E-state index in [-0.39, 0.29) is 20.4 Å². The Labute approximate surface area is 173 Å². The zero-order valence-electron chi connectivity index (χ0n) is 14.5. The predicted octanol–water partition coefficient (Wildman–Crippen LogP) is 4.03. The average Bonchev–Trinajstić information content (AvgIpc) is 3.32. The number of rotatable bonds is 4. The number of benzene rings is 1. The van der Waals surface area contributed by atoms with Crippen molar-refractivity contribution in [3.8, 4) is 15.8 Å². The van der Waals surface area contributed by atoms with Gasteiger partial charge in [-0.2, -0.15) is 0 Å². The van der Waals surface area contributed by atoms with Crippen molar-refractivity contribution in [2.75, 3.05) is 13.1 Å². The van der Waals surface area contributed by atoms with Crippen LogP contribution in [0.1, 0.15) is 29.8 Å². The first-order chi connectivity index (χ1) is 13.1. The molecule has 3 aromatic rings. The predicted molar refractivity (Wildman–Crippen MR) is 109 cm³/mol. The van der Waals surface area contributed by atoms with Crippen LogP contribution in [0.2, 0.25) is 10.0 Å². The van der Waals surface area contributed by atoms with E-state index in [9.17, 15) is 4.79 Å². The summed E-state index contributed by atoms with van der Waals surface area (Å²) in [6.07, 6.45) is 3.41. The molecular formula is C19H18Cl2N4OSe. The van der Waals surface area contributed by atoms with Gasteiger partial charge in [0, 0.05) is 0 Å². The number of halogens is 2. The van der Waals surface area contributed by atoms with Crippen molar-refractivity contribution in [1.29, 1.82) is 0 Å². The number of hydrazine groups is 1. The molecule has 1 amide bonds. The van der Waals surface area contributed by atoms with Crippen LogP contribution >= 0.6 is 23.2 Å². The second-order valence-electron chi connectivity index (χ2n) is 6.39.